The number of ether oxygens (including phenoxy) is 2. The molecule has 0 spiro atoms. The monoisotopic (exact) mass is 508 g/mol. The summed E-state index contributed by atoms with van der Waals surface area (Å²) in [4.78, 5) is 24.3. The lowest BCUT2D eigenvalue weighted by Gasteiger charge is -2.26. The third kappa shape index (κ3) is 6.94. The Morgan fingerprint density at radius 2 is 1.76 bits per heavy atom. The predicted molar refractivity (Wildman–Crippen MR) is 130 cm³/mol. The molecule has 1 amide bonds. The van der Waals surface area contributed by atoms with Crippen LogP contribution in [0.15, 0.2) is 47.4 Å². The zero-order valence-electron chi connectivity index (χ0n) is 19.1. The molecule has 1 heterocycles. The highest BCUT2D eigenvalue weighted by Crippen LogP contribution is 2.29. The van der Waals surface area contributed by atoms with Crippen molar-refractivity contribution in [3.05, 3.63) is 53.1 Å². The van der Waals surface area contributed by atoms with Crippen LogP contribution in [-0.2, 0) is 19.6 Å². The highest BCUT2D eigenvalue weighted by atomic mass is 35.5. The van der Waals surface area contributed by atoms with Gasteiger partial charge in [0.2, 0.25) is 10.0 Å². The summed E-state index contributed by atoms with van der Waals surface area (Å²) in [6.45, 7) is 3.06. The Hall–Kier alpha value is -2.62. The number of benzene rings is 2. The van der Waals surface area contributed by atoms with Crippen molar-refractivity contribution in [1.29, 1.82) is 0 Å². The lowest BCUT2D eigenvalue weighted by molar-refractivity contribution is -0.118. The van der Waals surface area contributed by atoms with Crippen LogP contribution in [0, 0.1) is 0 Å². The number of hydrogen-bond acceptors (Lipinski definition) is 6. The summed E-state index contributed by atoms with van der Waals surface area (Å²) in [6.07, 6.45) is 4.45. The minimum absolute atomic E-state index is 0.101. The normalized spacial score (nSPS) is 14.4. The van der Waals surface area contributed by atoms with Gasteiger partial charge in [0.05, 0.1) is 22.1 Å². The van der Waals surface area contributed by atoms with Crippen LogP contribution < -0.4 is 10.1 Å². The highest BCUT2D eigenvalue weighted by molar-refractivity contribution is 7.89. The van der Waals surface area contributed by atoms with Crippen LogP contribution in [-0.4, -0.2) is 50.9 Å². The summed E-state index contributed by atoms with van der Waals surface area (Å²) in [5.74, 6) is -0.631. The van der Waals surface area contributed by atoms with E-state index in [0.717, 1.165) is 32.1 Å². The molecule has 1 aliphatic heterocycles. The molecule has 0 radical (unpaired) electrons. The molecule has 1 fully saturated rings. The van der Waals surface area contributed by atoms with Gasteiger partial charge < -0.3 is 14.8 Å². The van der Waals surface area contributed by atoms with E-state index in [4.69, 9.17) is 21.1 Å². The summed E-state index contributed by atoms with van der Waals surface area (Å²) < 4.78 is 37.7. The van der Waals surface area contributed by atoms with Crippen LogP contribution in [0.4, 0.5) is 5.69 Å². The van der Waals surface area contributed by atoms with Crippen LogP contribution in [0.1, 0.15) is 49.4 Å². The van der Waals surface area contributed by atoms with E-state index in [-0.39, 0.29) is 22.3 Å². The van der Waals surface area contributed by atoms with Crippen molar-refractivity contribution in [2.75, 3.05) is 31.6 Å². The fraction of sp³-hybridized carbons (Fsp3) is 0.417. The number of sulfonamides is 1. The van der Waals surface area contributed by atoms with Gasteiger partial charge >= 0.3 is 5.97 Å². The first-order chi connectivity index (χ1) is 16.3. The number of nitrogens with one attached hydrogen (secondary N) is 1. The third-order valence-electron chi connectivity index (χ3n) is 5.35. The fourth-order valence-corrected chi connectivity index (χ4v) is 5.28. The maximum Gasteiger partial charge on any atom is 0.338 e. The second-order valence-electron chi connectivity index (χ2n) is 7.96. The Morgan fingerprint density at radius 3 is 2.41 bits per heavy atom. The zero-order chi connectivity index (χ0) is 24.6. The minimum Gasteiger partial charge on any atom is -0.482 e. The second kappa shape index (κ2) is 12.2. The molecule has 34 heavy (non-hydrogen) atoms. The number of unbranched alkanes of at least 4 members (excludes halogenated alkanes) is 1. The number of halogens is 1. The Labute approximate surface area is 205 Å². The molecule has 2 aromatic carbocycles. The topological polar surface area (TPSA) is 102 Å². The summed E-state index contributed by atoms with van der Waals surface area (Å²) in [5, 5.41) is 2.78. The van der Waals surface area contributed by atoms with E-state index in [9.17, 15) is 18.0 Å². The summed E-state index contributed by atoms with van der Waals surface area (Å²) in [7, 11) is -3.61. The van der Waals surface area contributed by atoms with Gasteiger partial charge in [-0.1, -0.05) is 31.4 Å². The highest BCUT2D eigenvalue weighted by Gasteiger charge is 2.26. The molecular formula is C24H29ClN2O6S. The third-order valence-corrected chi connectivity index (χ3v) is 7.54. The van der Waals surface area contributed by atoms with Crippen LogP contribution >= 0.6 is 11.6 Å². The van der Waals surface area contributed by atoms with E-state index in [2.05, 4.69) is 5.32 Å². The van der Waals surface area contributed by atoms with Gasteiger partial charge in [-0.3, -0.25) is 4.79 Å². The summed E-state index contributed by atoms with van der Waals surface area (Å²) in [5.41, 5.74) is 0.893. The van der Waals surface area contributed by atoms with Crippen molar-refractivity contribution >= 4 is 39.2 Å². The molecule has 1 saturated heterocycles. The molecule has 0 aromatic heterocycles. The first kappa shape index (κ1) is 26.0. The number of carbonyl (C=O) groups excluding carboxylic acids is 2. The van der Waals surface area contributed by atoms with Gasteiger partial charge in [-0.2, -0.15) is 4.31 Å². The number of nitrogens with zero attached hydrogens (tertiary/aromatic N) is 1. The van der Waals surface area contributed by atoms with E-state index in [1.54, 1.807) is 24.3 Å². The van der Waals surface area contributed by atoms with Crippen LogP contribution in [0.2, 0.25) is 5.02 Å². The molecule has 8 nitrogen and oxygen atoms in total. The van der Waals surface area contributed by atoms with Gasteiger partial charge in [-0.15, -0.1) is 0 Å². The number of amides is 1. The van der Waals surface area contributed by atoms with Crippen LogP contribution in [0.25, 0.3) is 0 Å². The summed E-state index contributed by atoms with van der Waals surface area (Å²) in [6, 6.07) is 10.6. The summed E-state index contributed by atoms with van der Waals surface area (Å²) >= 11 is 6.23. The molecule has 0 saturated carbocycles. The van der Waals surface area contributed by atoms with Gasteiger partial charge in [0.15, 0.2) is 6.61 Å². The molecule has 0 unspecified atom stereocenters. The number of anilines is 1. The number of hydrogen-bond donors (Lipinski definition) is 1. The minimum atomic E-state index is -3.61. The van der Waals surface area contributed by atoms with E-state index < -0.39 is 21.9 Å². The van der Waals surface area contributed by atoms with Crippen molar-refractivity contribution in [1.82, 2.24) is 4.31 Å². The van der Waals surface area contributed by atoms with Gasteiger partial charge in [-0.05, 0) is 61.7 Å². The Kier molecular flexibility index (Phi) is 9.32. The quantitative estimate of drug-likeness (QED) is 0.375. The fourth-order valence-electron chi connectivity index (χ4n) is 3.44. The molecule has 2 aromatic rings. The average molecular weight is 509 g/mol. The largest absolute Gasteiger partial charge is 0.482 e. The Morgan fingerprint density at radius 1 is 1.06 bits per heavy atom. The van der Waals surface area contributed by atoms with Gasteiger partial charge in [-0.25, -0.2) is 13.2 Å². The van der Waals surface area contributed by atoms with Crippen molar-refractivity contribution < 1.29 is 27.5 Å². The van der Waals surface area contributed by atoms with Gasteiger partial charge in [0.1, 0.15) is 5.75 Å². The molecule has 1 aliphatic rings. The molecule has 0 aliphatic carbocycles. The number of carbonyl (C=O) groups is 2. The van der Waals surface area contributed by atoms with Crippen LogP contribution in [0.5, 0.6) is 5.75 Å². The van der Waals surface area contributed by atoms with Crippen molar-refractivity contribution in [3.63, 3.8) is 0 Å². The molecule has 1 N–H and O–H groups in total. The van der Waals surface area contributed by atoms with Crippen molar-refractivity contribution in [2.24, 2.45) is 0 Å². The molecule has 0 atom stereocenters. The van der Waals surface area contributed by atoms with Crippen molar-refractivity contribution in [3.8, 4) is 5.75 Å². The maximum absolute atomic E-state index is 12.8. The first-order valence-corrected chi connectivity index (χ1v) is 13.1. The first-order valence-electron chi connectivity index (χ1n) is 11.3. The van der Waals surface area contributed by atoms with E-state index in [1.165, 1.54) is 22.5 Å². The van der Waals surface area contributed by atoms with Gasteiger partial charge in [0, 0.05) is 18.8 Å². The Bertz CT molecular complexity index is 1100. The van der Waals surface area contributed by atoms with Gasteiger partial charge in [0.25, 0.3) is 5.91 Å². The molecule has 10 heteroatoms. The molecular weight excluding hydrogens is 480 g/mol. The zero-order valence-corrected chi connectivity index (χ0v) is 20.7. The van der Waals surface area contributed by atoms with E-state index in [1.807, 2.05) is 6.92 Å². The lowest BCUT2D eigenvalue weighted by Crippen LogP contribution is -2.35. The standard InChI is InChI=1S/C24H29ClN2O6S/c1-2-3-15-32-24(29)18-7-9-19(10-8-18)26-23(28)17-33-22-12-11-20(16-21(22)25)34(30,31)27-13-5-4-6-14-27/h7-12,16H,2-6,13-15,17H2,1H3,(H,26,28). The van der Waals surface area contributed by atoms with E-state index >= 15 is 0 Å². The van der Waals surface area contributed by atoms with E-state index in [0.29, 0.717) is 30.9 Å². The second-order valence-corrected chi connectivity index (χ2v) is 10.3. The molecule has 184 valence electrons. The molecule has 0 bridgehead atoms. The van der Waals surface area contributed by atoms with Crippen molar-refractivity contribution in [2.45, 2.75) is 43.9 Å². The Balaban J connectivity index is 1.53. The predicted octanol–water partition coefficient (Wildman–Crippen LogP) is 4.49. The SMILES string of the molecule is CCCCOC(=O)c1ccc(NC(=O)COc2ccc(S(=O)(=O)N3CCCCC3)cc2Cl)cc1. The number of esters is 1. The molecule has 3 rings (SSSR count). The number of rotatable bonds is 10. The number of piperidine rings is 1. The maximum atomic E-state index is 12.8. The average Bonchev–Trinajstić information content (AvgIpc) is 2.84. The lowest BCUT2D eigenvalue weighted by atomic mass is 10.2. The smallest absolute Gasteiger partial charge is 0.338 e. The van der Waals surface area contributed by atoms with Crippen LogP contribution in [0.3, 0.4) is 0 Å².